The molecule has 0 saturated heterocycles. The van der Waals surface area contributed by atoms with Gasteiger partial charge in [-0.05, 0) is 38.1 Å². The number of hydrogen-bond acceptors (Lipinski definition) is 3. The van der Waals surface area contributed by atoms with E-state index in [9.17, 15) is 4.79 Å². The molecule has 5 heteroatoms. The van der Waals surface area contributed by atoms with Crippen LogP contribution in [0, 0.1) is 13.8 Å². The number of benzene rings is 2. The van der Waals surface area contributed by atoms with E-state index in [0.29, 0.717) is 21.7 Å². The Morgan fingerprint density at radius 2 is 1.81 bits per heavy atom. The Hall–Kier alpha value is -2.33. The average Bonchev–Trinajstić information content (AvgIpc) is 2.45. The van der Waals surface area contributed by atoms with Gasteiger partial charge < -0.3 is 0 Å². The molecule has 0 atom stereocenters. The molecule has 4 nitrogen and oxygen atoms in total. The van der Waals surface area contributed by atoms with E-state index >= 15 is 0 Å². The van der Waals surface area contributed by atoms with E-state index in [2.05, 4.69) is 10.4 Å². The zero-order chi connectivity index (χ0) is 15.0. The van der Waals surface area contributed by atoms with E-state index in [0.717, 1.165) is 11.3 Å². The second-order valence-electron chi connectivity index (χ2n) is 4.91. The average molecular weight is 300 g/mol. The molecule has 0 saturated carbocycles. The molecule has 106 valence electrons. The zero-order valence-electron chi connectivity index (χ0n) is 11.7. The van der Waals surface area contributed by atoms with Gasteiger partial charge >= 0.3 is 0 Å². The van der Waals surface area contributed by atoms with Crippen LogP contribution in [0.3, 0.4) is 0 Å². The molecule has 0 unspecified atom stereocenters. The number of nitrogens with zero attached hydrogens (tertiary/aromatic N) is 2. The number of anilines is 1. The van der Waals surface area contributed by atoms with Crippen LogP contribution in [-0.4, -0.2) is 9.66 Å². The third kappa shape index (κ3) is 2.50. The predicted octanol–water partition coefficient (Wildman–Crippen LogP) is 3.54. The van der Waals surface area contributed by atoms with Gasteiger partial charge in [0, 0.05) is 0 Å². The minimum atomic E-state index is -0.205. The summed E-state index contributed by atoms with van der Waals surface area (Å²) < 4.78 is 1.42. The topological polar surface area (TPSA) is 46.9 Å². The Labute approximate surface area is 127 Å². The van der Waals surface area contributed by atoms with E-state index in [1.807, 2.05) is 31.2 Å². The summed E-state index contributed by atoms with van der Waals surface area (Å²) in [6.45, 7) is 3.79. The Bertz CT molecular complexity index is 869. The molecule has 0 radical (unpaired) electrons. The Morgan fingerprint density at radius 1 is 1.10 bits per heavy atom. The molecule has 1 heterocycles. The Morgan fingerprint density at radius 3 is 2.52 bits per heavy atom. The van der Waals surface area contributed by atoms with Gasteiger partial charge in [0.15, 0.2) is 0 Å². The molecular weight excluding hydrogens is 286 g/mol. The lowest BCUT2D eigenvalue weighted by atomic mass is 10.2. The van der Waals surface area contributed by atoms with Gasteiger partial charge in [0.25, 0.3) is 5.56 Å². The molecule has 21 heavy (non-hydrogen) atoms. The summed E-state index contributed by atoms with van der Waals surface area (Å²) in [5.41, 5.74) is 5.44. The SMILES string of the molecule is Cc1ccc(Nn2c(C)nc3cccc(Cl)c3c2=O)cc1. The highest BCUT2D eigenvalue weighted by atomic mass is 35.5. The quantitative estimate of drug-likeness (QED) is 0.787. The molecule has 0 aliphatic rings. The van der Waals surface area contributed by atoms with E-state index in [-0.39, 0.29) is 5.56 Å². The van der Waals surface area contributed by atoms with Crippen LogP contribution in [0.2, 0.25) is 5.02 Å². The number of aryl methyl sites for hydroxylation is 2. The summed E-state index contributed by atoms with van der Waals surface area (Å²) in [5, 5.41) is 0.828. The van der Waals surface area contributed by atoms with Crippen LogP contribution in [0.1, 0.15) is 11.4 Å². The molecule has 0 bridgehead atoms. The molecule has 0 amide bonds. The molecule has 3 aromatic rings. The fourth-order valence-corrected chi connectivity index (χ4v) is 2.44. The number of aromatic nitrogens is 2. The van der Waals surface area contributed by atoms with Crippen molar-refractivity contribution in [1.29, 1.82) is 0 Å². The monoisotopic (exact) mass is 299 g/mol. The van der Waals surface area contributed by atoms with Crippen LogP contribution < -0.4 is 11.0 Å². The van der Waals surface area contributed by atoms with Crippen molar-refractivity contribution in [2.24, 2.45) is 0 Å². The van der Waals surface area contributed by atoms with Crippen LogP contribution in [-0.2, 0) is 0 Å². The van der Waals surface area contributed by atoms with E-state index in [1.54, 1.807) is 25.1 Å². The van der Waals surface area contributed by atoms with Crippen molar-refractivity contribution < 1.29 is 0 Å². The van der Waals surface area contributed by atoms with Crippen molar-refractivity contribution >= 4 is 28.2 Å². The Kier molecular flexibility index (Phi) is 3.39. The predicted molar refractivity (Wildman–Crippen MR) is 85.9 cm³/mol. The minimum absolute atomic E-state index is 0.205. The van der Waals surface area contributed by atoms with Crippen LogP contribution in [0.5, 0.6) is 0 Å². The van der Waals surface area contributed by atoms with Gasteiger partial charge in [0.2, 0.25) is 0 Å². The summed E-state index contributed by atoms with van der Waals surface area (Å²) >= 11 is 6.13. The summed E-state index contributed by atoms with van der Waals surface area (Å²) in [6.07, 6.45) is 0. The van der Waals surface area contributed by atoms with Crippen molar-refractivity contribution in [1.82, 2.24) is 9.66 Å². The third-order valence-electron chi connectivity index (χ3n) is 3.31. The maximum absolute atomic E-state index is 12.6. The number of hydrogen-bond donors (Lipinski definition) is 1. The van der Waals surface area contributed by atoms with Gasteiger partial charge in [0.05, 0.1) is 21.6 Å². The fourth-order valence-electron chi connectivity index (χ4n) is 2.19. The van der Waals surface area contributed by atoms with E-state index in [4.69, 9.17) is 11.6 Å². The maximum Gasteiger partial charge on any atom is 0.281 e. The van der Waals surface area contributed by atoms with Crippen molar-refractivity contribution in [3.63, 3.8) is 0 Å². The van der Waals surface area contributed by atoms with Crippen LogP contribution in [0.25, 0.3) is 10.9 Å². The normalized spacial score (nSPS) is 10.8. The molecule has 0 aliphatic heterocycles. The summed E-state index contributed by atoms with van der Waals surface area (Å²) in [7, 11) is 0. The maximum atomic E-state index is 12.6. The van der Waals surface area contributed by atoms with Crippen LogP contribution in [0.15, 0.2) is 47.3 Å². The molecule has 2 aromatic carbocycles. The summed E-state index contributed by atoms with van der Waals surface area (Å²) in [6, 6.07) is 13.0. The fraction of sp³-hybridized carbons (Fsp3) is 0.125. The first-order valence-electron chi connectivity index (χ1n) is 6.58. The van der Waals surface area contributed by atoms with Crippen LogP contribution >= 0.6 is 11.6 Å². The second kappa shape index (κ2) is 5.22. The summed E-state index contributed by atoms with van der Waals surface area (Å²) in [4.78, 5) is 17.0. The lowest BCUT2D eigenvalue weighted by molar-refractivity contribution is 0.825. The van der Waals surface area contributed by atoms with Crippen molar-refractivity contribution in [3.05, 3.63) is 69.2 Å². The molecule has 0 fully saturated rings. The highest BCUT2D eigenvalue weighted by Gasteiger charge is 2.10. The van der Waals surface area contributed by atoms with Gasteiger partial charge in [-0.1, -0.05) is 35.4 Å². The lowest BCUT2D eigenvalue weighted by Gasteiger charge is -2.13. The zero-order valence-corrected chi connectivity index (χ0v) is 12.5. The van der Waals surface area contributed by atoms with Crippen molar-refractivity contribution in [3.8, 4) is 0 Å². The third-order valence-corrected chi connectivity index (χ3v) is 3.62. The largest absolute Gasteiger partial charge is 0.290 e. The lowest BCUT2D eigenvalue weighted by Crippen LogP contribution is -2.29. The number of fused-ring (bicyclic) bond motifs is 1. The number of nitrogens with one attached hydrogen (secondary N) is 1. The molecule has 0 spiro atoms. The van der Waals surface area contributed by atoms with Gasteiger partial charge in [0.1, 0.15) is 5.82 Å². The summed E-state index contributed by atoms with van der Waals surface area (Å²) in [5.74, 6) is 0.579. The molecule has 3 rings (SSSR count). The molecule has 1 aromatic heterocycles. The van der Waals surface area contributed by atoms with E-state index < -0.39 is 0 Å². The highest BCUT2D eigenvalue weighted by Crippen LogP contribution is 2.18. The number of rotatable bonds is 2. The van der Waals surface area contributed by atoms with Gasteiger partial charge in [-0.3, -0.25) is 10.2 Å². The molecular formula is C16H14ClN3O. The molecule has 0 aliphatic carbocycles. The van der Waals surface area contributed by atoms with E-state index in [1.165, 1.54) is 4.68 Å². The minimum Gasteiger partial charge on any atom is -0.290 e. The van der Waals surface area contributed by atoms with Crippen molar-refractivity contribution in [2.75, 3.05) is 5.43 Å². The first kappa shape index (κ1) is 13.6. The smallest absolute Gasteiger partial charge is 0.281 e. The highest BCUT2D eigenvalue weighted by molar-refractivity contribution is 6.35. The Balaban J connectivity index is 2.16. The standard InChI is InChI=1S/C16H14ClN3O/c1-10-6-8-12(9-7-10)19-20-11(2)18-14-5-3-4-13(17)15(14)16(20)21/h3-9,19H,1-2H3. The first-order valence-corrected chi connectivity index (χ1v) is 6.95. The van der Waals surface area contributed by atoms with Crippen LogP contribution in [0.4, 0.5) is 5.69 Å². The number of halogens is 1. The van der Waals surface area contributed by atoms with Crippen molar-refractivity contribution in [2.45, 2.75) is 13.8 Å². The van der Waals surface area contributed by atoms with Gasteiger partial charge in [-0.25, -0.2) is 9.66 Å². The van der Waals surface area contributed by atoms with Gasteiger partial charge in [-0.2, -0.15) is 0 Å². The first-order chi connectivity index (χ1) is 10.1. The molecule has 1 N–H and O–H groups in total. The second-order valence-corrected chi connectivity index (χ2v) is 5.32. The van der Waals surface area contributed by atoms with Gasteiger partial charge in [-0.15, -0.1) is 0 Å².